The number of nitrogens with two attached hydrogens (primary N) is 1. The van der Waals surface area contributed by atoms with Gasteiger partial charge >= 0.3 is 0 Å². The molecule has 0 unspecified atom stereocenters. The number of nitriles is 2. The standard InChI is InChI=1S/C18H16N4O4/c1-3-25-6-7-26-14-5-4-11(8-15(14)24-2)16-12(9-19)17(21)22-18(23)13(16)10-20/h3-5,8H,1,6-7H2,2H3,(H3,21,22,23). The van der Waals surface area contributed by atoms with Crippen LogP contribution in [0.5, 0.6) is 11.5 Å². The van der Waals surface area contributed by atoms with Crippen LogP contribution in [0.4, 0.5) is 5.82 Å². The molecule has 132 valence electrons. The number of anilines is 1. The van der Waals surface area contributed by atoms with Crippen molar-refractivity contribution in [1.29, 1.82) is 10.5 Å². The van der Waals surface area contributed by atoms with Crippen molar-refractivity contribution in [3.63, 3.8) is 0 Å². The third-order valence-electron chi connectivity index (χ3n) is 3.50. The third-order valence-corrected chi connectivity index (χ3v) is 3.50. The van der Waals surface area contributed by atoms with Gasteiger partial charge in [-0.1, -0.05) is 12.6 Å². The zero-order valence-corrected chi connectivity index (χ0v) is 14.0. The van der Waals surface area contributed by atoms with Gasteiger partial charge in [0.25, 0.3) is 5.56 Å². The molecule has 0 bridgehead atoms. The quantitative estimate of drug-likeness (QED) is 0.574. The minimum Gasteiger partial charge on any atom is -0.498 e. The molecule has 0 saturated heterocycles. The number of rotatable bonds is 7. The second-order valence-electron chi connectivity index (χ2n) is 4.97. The summed E-state index contributed by atoms with van der Waals surface area (Å²) in [6.45, 7) is 4.02. The summed E-state index contributed by atoms with van der Waals surface area (Å²) in [4.78, 5) is 14.3. The van der Waals surface area contributed by atoms with E-state index in [-0.39, 0.29) is 29.1 Å². The number of ether oxygens (including phenoxy) is 3. The number of nitrogens with one attached hydrogen (secondary N) is 1. The number of benzene rings is 1. The van der Waals surface area contributed by atoms with Crippen molar-refractivity contribution < 1.29 is 14.2 Å². The normalized spacial score (nSPS) is 9.65. The zero-order chi connectivity index (χ0) is 19.1. The number of nitrogens with zero attached hydrogens (tertiary/aromatic N) is 2. The van der Waals surface area contributed by atoms with E-state index in [4.69, 9.17) is 19.9 Å². The summed E-state index contributed by atoms with van der Waals surface area (Å²) in [6.07, 6.45) is 1.31. The Morgan fingerprint density at radius 1 is 1.23 bits per heavy atom. The van der Waals surface area contributed by atoms with E-state index in [2.05, 4.69) is 11.6 Å². The summed E-state index contributed by atoms with van der Waals surface area (Å²) >= 11 is 0. The summed E-state index contributed by atoms with van der Waals surface area (Å²) in [5, 5.41) is 18.7. The maximum absolute atomic E-state index is 12.0. The van der Waals surface area contributed by atoms with E-state index in [1.165, 1.54) is 13.4 Å². The van der Waals surface area contributed by atoms with Crippen LogP contribution in [0.15, 0.2) is 35.8 Å². The first kappa shape index (κ1) is 18.4. The van der Waals surface area contributed by atoms with Gasteiger partial charge < -0.3 is 24.9 Å². The van der Waals surface area contributed by atoms with E-state index < -0.39 is 5.56 Å². The zero-order valence-electron chi connectivity index (χ0n) is 14.0. The van der Waals surface area contributed by atoms with Gasteiger partial charge in [0, 0.05) is 5.56 Å². The average Bonchev–Trinajstić information content (AvgIpc) is 2.64. The van der Waals surface area contributed by atoms with Crippen LogP contribution >= 0.6 is 0 Å². The molecule has 1 heterocycles. The second-order valence-corrected chi connectivity index (χ2v) is 4.97. The maximum atomic E-state index is 12.0. The maximum Gasteiger partial charge on any atom is 0.268 e. The Balaban J connectivity index is 2.54. The molecular formula is C18H16N4O4. The Hall–Kier alpha value is -3.91. The first-order valence-corrected chi connectivity index (χ1v) is 7.47. The van der Waals surface area contributed by atoms with E-state index >= 15 is 0 Å². The molecule has 2 rings (SSSR count). The molecule has 2 aromatic rings. The van der Waals surface area contributed by atoms with Crippen molar-refractivity contribution in [2.75, 3.05) is 26.1 Å². The van der Waals surface area contributed by atoms with Crippen LogP contribution in [-0.4, -0.2) is 25.3 Å². The molecule has 8 heteroatoms. The highest BCUT2D eigenvalue weighted by Crippen LogP contribution is 2.35. The SMILES string of the molecule is C=COCCOc1ccc(-c2c(C#N)c(N)[nH]c(=O)c2C#N)cc1OC. The molecule has 8 nitrogen and oxygen atoms in total. The lowest BCUT2D eigenvalue weighted by molar-refractivity contribution is 0.176. The lowest BCUT2D eigenvalue weighted by atomic mass is 9.96. The predicted octanol–water partition coefficient (Wildman–Crippen LogP) is 1.91. The third kappa shape index (κ3) is 3.60. The predicted molar refractivity (Wildman–Crippen MR) is 94.5 cm³/mol. The Kier molecular flexibility index (Phi) is 5.86. The van der Waals surface area contributed by atoms with Crippen molar-refractivity contribution in [2.45, 2.75) is 0 Å². The Bertz CT molecular complexity index is 967. The minimum absolute atomic E-state index is 0.0104. The number of pyridine rings is 1. The molecule has 0 radical (unpaired) electrons. The van der Waals surface area contributed by atoms with Crippen LogP contribution in [0, 0.1) is 22.7 Å². The monoisotopic (exact) mass is 352 g/mol. The number of hydrogen-bond acceptors (Lipinski definition) is 7. The molecule has 1 aromatic heterocycles. The number of nitrogen functional groups attached to an aromatic ring is 1. The largest absolute Gasteiger partial charge is 0.498 e. The molecule has 0 aliphatic carbocycles. The first-order chi connectivity index (χ1) is 12.6. The lowest BCUT2D eigenvalue weighted by Crippen LogP contribution is -2.16. The van der Waals surface area contributed by atoms with E-state index in [0.29, 0.717) is 23.7 Å². The van der Waals surface area contributed by atoms with Crippen LogP contribution in [0.25, 0.3) is 11.1 Å². The van der Waals surface area contributed by atoms with Crippen molar-refractivity contribution in [2.24, 2.45) is 0 Å². The van der Waals surface area contributed by atoms with Gasteiger partial charge in [0.1, 0.15) is 42.3 Å². The van der Waals surface area contributed by atoms with E-state index in [1.54, 1.807) is 18.2 Å². The number of H-pyrrole nitrogens is 1. The highest BCUT2D eigenvalue weighted by atomic mass is 16.5. The van der Waals surface area contributed by atoms with Crippen molar-refractivity contribution in [3.8, 4) is 34.8 Å². The van der Waals surface area contributed by atoms with Gasteiger partial charge in [0.15, 0.2) is 11.5 Å². The number of aromatic nitrogens is 1. The molecule has 1 aromatic carbocycles. The molecule has 0 aliphatic heterocycles. The van der Waals surface area contributed by atoms with Gasteiger partial charge in [0.05, 0.1) is 13.4 Å². The highest BCUT2D eigenvalue weighted by molar-refractivity contribution is 5.81. The van der Waals surface area contributed by atoms with Gasteiger partial charge in [-0.15, -0.1) is 0 Å². The van der Waals surface area contributed by atoms with Crippen LogP contribution in [0.3, 0.4) is 0 Å². The van der Waals surface area contributed by atoms with Crippen molar-refractivity contribution in [1.82, 2.24) is 4.98 Å². The Labute approximate surface area is 149 Å². The molecule has 26 heavy (non-hydrogen) atoms. The van der Waals surface area contributed by atoms with Crippen LogP contribution in [0.1, 0.15) is 11.1 Å². The van der Waals surface area contributed by atoms with Gasteiger partial charge in [-0.05, 0) is 17.7 Å². The number of hydrogen-bond donors (Lipinski definition) is 2. The van der Waals surface area contributed by atoms with Gasteiger partial charge in [-0.2, -0.15) is 10.5 Å². The molecule has 0 saturated carbocycles. The molecule has 0 amide bonds. The fourth-order valence-electron chi connectivity index (χ4n) is 2.36. The van der Waals surface area contributed by atoms with Crippen LogP contribution < -0.4 is 20.8 Å². The topological polar surface area (TPSA) is 134 Å². The van der Waals surface area contributed by atoms with Gasteiger partial charge in [-0.25, -0.2) is 0 Å². The van der Waals surface area contributed by atoms with E-state index in [1.807, 2.05) is 12.1 Å². The number of aromatic amines is 1. The lowest BCUT2D eigenvalue weighted by Gasteiger charge is -2.14. The van der Waals surface area contributed by atoms with E-state index in [0.717, 1.165) is 0 Å². The second kappa shape index (κ2) is 8.27. The smallest absolute Gasteiger partial charge is 0.268 e. The fraction of sp³-hybridized carbons (Fsp3) is 0.167. The van der Waals surface area contributed by atoms with Crippen LogP contribution in [0.2, 0.25) is 0 Å². The van der Waals surface area contributed by atoms with Crippen molar-refractivity contribution in [3.05, 3.63) is 52.5 Å². The highest BCUT2D eigenvalue weighted by Gasteiger charge is 2.19. The molecule has 3 N–H and O–H groups in total. The molecule has 0 atom stereocenters. The summed E-state index contributed by atoms with van der Waals surface area (Å²) in [7, 11) is 1.45. The number of methoxy groups -OCH3 is 1. The van der Waals surface area contributed by atoms with Crippen molar-refractivity contribution >= 4 is 5.82 Å². The Morgan fingerprint density at radius 3 is 2.58 bits per heavy atom. The molecular weight excluding hydrogens is 336 g/mol. The average molecular weight is 352 g/mol. The summed E-state index contributed by atoms with van der Waals surface area (Å²) in [6, 6.07) is 8.53. The van der Waals surface area contributed by atoms with Gasteiger partial charge in [0.2, 0.25) is 0 Å². The Morgan fingerprint density at radius 2 is 1.96 bits per heavy atom. The fourth-order valence-corrected chi connectivity index (χ4v) is 2.36. The van der Waals surface area contributed by atoms with Crippen LogP contribution in [-0.2, 0) is 4.74 Å². The summed E-state index contributed by atoms with van der Waals surface area (Å²) in [5.74, 6) is 0.707. The van der Waals surface area contributed by atoms with E-state index in [9.17, 15) is 15.3 Å². The summed E-state index contributed by atoms with van der Waals surface area (Å²) < 4.78 is 15.8. The minimum atomic E-state index is -0.667. The molecule has 0 aliphatic rings. The molecule has 0 spiro atoms. The first-order valence-electron chi connectivity index (χ1n) is 7.47. The van der Waals surface area contributed by atoms with Gasteiger partial charge in [-0.3, -0.25) is 4.79 Å². The molecule has 0 fully saturated rings. The summed E-state index contributed by atoms with van der Waals surface area (Å²) in [5.41, 5.74) is 5.45.